The largest absolute Gasteiger partial charge is 0.462 e. The molecule has 1 N–H and O–H groups in total. The maximum atomic E-state index is 12.3. The molecular weight excluding hydrogens is 386 g/mol. The first-order chi connectivity index (χ1) is 13.2. The number of nitrogens with one attached hydrogen (secondary N) is 1. The van der Waals surface area contributed by atoms with E-state index >= 15 is 0 Å². The summed E-state index contributed by atoms with van der Waals surface area (Å²) in [6.45, 7) is 2.07. The molecule has 0 bridgehead atoms. The fourth-order valence-corrected chi connectivity index (χ4v) is 3.70. The van der Waals surface area contributed by atoms with Gasteiger partial charge in [-0.15, -0.1) is 0 Å². The van der Waals surface area contributed by atoms with E-state index in [0.29, 0.717) is 35.3 Å². The van der Waals surface area contributed by atoms with E-state index in [1.807, 2.05) is 24.3 Å². The summed E-state index contributed by atoms with van der Waals surface area (Å²) in [5, 5.41) is 1.74. The number of benzene rings is 1. The number of nitrogens with zero attached hydrogens (tertiary/aromatic N) is 4. The lowest BCUT2D eigenvalue weighted by atomic mass is 10.0. The van der Waals surface area contributed by atoms with Crippen molar-refractivity contribution in [3.63, 3.8) is 0 Å². The standard InChI is InChI=1S/C18H14ClN5O2S/c1-2-26-17(25)12-8-20-16-14(12)15(21-9-22-16)11-5-3-4-10(6-11)7-13-23-18(19)24-27-13/h3-6,8-9H,2,7H2,1H3,(H,20,21,22). The molecule has 0 radical (unpaired) electrons. The molecule has 1 aromatic carbocycles. The highest BCUT2D eigenvalue weighted by Crippen LogP contribution is 2.29. The predicted octanol–water partition coefficient (Wildman–Crippen LogP) is 3.90. The second-order valence-corrected chi connectivity index (χ2v) is 6.88. The summed E-state index contributed by atoms with van der Waals surface area (Å²) in [5.41, 5.74) is 3.59. The number of esters is 1. The lowest BCUT2D eigenvalue weighted by Crippen LogP contribution is -2.04. The number of aromatic amines is 1. The van der Waals surface area contributed by atoms with Crippen molar-refractivity contribution in [2.75, 3.05) is 6.61 Å². The number of carbonyl (C=O) groups excluding carboxylic acids is 1. The third kappa shape index (κ3) is 3.54. The van der Waals surface area contributed by atoms with Crippen molar-refractivity contribution in [1.82, 2.24) is 24.3 Å². The van der Waals surface area contributed by atoms with Crippen molar-refractivity contribution < 1.29 is 9.53 Å². The molecule has 3 aromatic heterocycles. The van der Waals surface area contributed by atoms with Crippen LogP contribution in [0, 0.1) is 0 Å². The van der Waals surface area contributed by atoms with Crippen molar-refractivity contribution in [2.45, 2.75) is 13.3 Å². The van der Waals surface area contributed by atoms with Gasteiger partial charge in [-0.1, -0.05) is 18.2 Å². The van der Waals surface area contributed by atoms with Crippen LogP contribution in [0.2, 0.25) is 5.28 Å². The zero-order chi connectivity index (χ0) is 18.8. The van der Waals surface area contributed by atoms with E-state index in [1.54, 1.807) is 13.1 Å². The van der Waals surface area contributed by atoms with Crippen LogP contribution < -0.4 is 0 Å². The molecule has 0 aliphatic rings. The molecule has 0 aliphatic heterocycles. The second kappa shape index (κ2) is 7.42. The molecule has 4 aromatic rings. The van der Waals surface area contributed by atoms with E-state index in [1.165, 1.54) is 17.9 Å². The van der Waals surface area contributed by atoms with Gasteiger partial charge in [-0.2, -0.15) is 4.37 Å². The summed E-state index contributed by atoms with van der Waals surface area (Å²) < 4.78 is 9.15. The highest BCUT2D eigenvalue weighted by molar-refractivity contribution is 7.05. The number of fused-ring (bicyclic) bond motifs is 1. The summed E-state index contributed by atoms with van der Waals surface area (Å²) in [4.78, 5) is 28.1. The predicted molar refractivity (Wildman–Crippen MR) is 103 cm³/mol. The van der Waals surface area contributed by atoms with Gasteiger partial charge in [0.15, 0.2) is 0 Å². The minimum absolute atomic E-state index is 0.259. The Kier molecular flexibility index (Phi) is 4.83. The lowest BCUT2D eigenvalue weighted by Gasteiger charge is -2.07. The normalized spacial score (nSPS) is 11.0. The van der Waals surface area contributed by atoms with Crippen LogP contribution in [0.3, 0.4) is 0 Å². The van der Waals surface area contributed by atoms with Gasteiger partial charge in [0, 0.05) is 18.2 Å². The first-order valence-corrected chi connectivity index (χ1v) is 9.37. The number of hydrogen-bond donors (Lipinski definition) is 1. The summed E-state index contributed by atoms with van der Waals surface area (Å²) >= 11 is 7.08. The molecule has 0 spiro atoms. The second-order valence-electron chi connectivity index (χ2n) is 5.70. The SMILES string of the molecule is CCOC(=O)c1c[nH]c2ncnc(-c3cccc(Cc4nc(Cl)ns4)c3)c12. The van der Waals surface area contributed by atoms with Crippen LogP contribution >= 0.6 is 23.1 Å². The minimum Gasteiger partial charge on any atom is -0.462 e. The van der Waals surface area contributed by atoms with Crippen LogP contribution in [0.4, 0.5) is 0 Å². The highest BCUT2D eigenvalue weighted by Gasteiger charge is 2.19. The Morgan fingerprint density at radius 3 is 3.00 bits per heavy atom. The Bertz CT molecular complexity index is 1120. The molecule has 4 rings (SSSR count). The van der Waals surface area contributed by atoms with Gasteiger partial charge in [0.05, 0.1) is 23.3 Å². The first kappa shape index (κ1) is 17.6. The molecule has 9 heteroatoms. The smallest absolute Gasteiger partial charge is 0.340 e. The van der Waals surface area contributed by atoms with E-state index in [4.69, 9.17) is 16.3 Å². The van der Waals surface area contributed by atoms with E-state index in [2.05, 4.69) is 24.3 Å². The fraction of sp³-hybridized carbons (Fsp3) is 0.167. The van der Waals surface area contributed by atoms with Gasteiger partial charge in [-0.3, -0.25) is 0 Å². The van der Waals surface area contributed by atoms with Gasteiger partial charge in [-0.25, -0.2) is 19.7 Å². The fourth-order valence-electron chi connectivity index (χ4n) is 2.86. The molecule has 0 unspecified atom stereocenters. The molecule has 0 amide bonds. The topological polar surface area (TPSA) is 93.7 Å². The highest BCUT2D eigenvalue weighted by atomic mass is 35.5. The van der Waals surface area contributed by atoms with Gasteiger partial charge in [-0.05, 0) is 41.7 Å². The Hall–Kier alpha value is -2.84. The summed E-state index contributed by atoms with van der Waals surface area (Å²) in [5.74, 6) is -0.403. The van der Waals surface area contributed by atoms with Crippen molar-refractivity contribution >= 4 is 40.1 Å². The van der Waals surface area contributed by atoms with E-state index in [9.17, 15) is 4.79 Å². The summed E-state index contributed by atoms with van der Waals surface area (Å²) in [6.07, 6.45) is 3.69. The lowest BCUT2D eigenvalue weighted by molar-refractivity contribution is 0.0528. The molecular formula is C18H14ClN5O2S. The van der Waals surface area contributed by atoms with E-state index in [-0.39, 0.29) is 5.28 Å². The van der Waals surface area contributed by atoms with Crippen molar-refractivity contribution in [1.29, 1.82) is 0 Å². The Balaban J connectivity index is 1.77. The van der Waals surface area contributed by atoms with Gasteiger partial charge < -0.3 is 9.72 Å². The molecule has 0 atom stereocenters. The van der Waals surface area contributed by atoms with Crippen LogP contribution in [0.5, 0.6) is 0 Å². The number of ether oxygens (including phenoxy) is 1. The van der Waals surface area contributed by atoms with Crippen LogP contribution in [0.1, 0.15) is 27.9 Å². The average molecular weight is 400 g/mol. The number of hydrogen-bond acceptors (Lipinski definition) is 7. The van der Waals surface area contributed by atoms with Crippen molar-refractivity contribution in [3.8, 4) is 11.3 Å². The number of carbonyl (C=O) groups is 1. The zero-order valence-corrected chi connectivity index (χ0v) is 15.8. The van der Waals surface area contributed by atoms with Crippen LogP contribution in [0.25, 0.3) is 22.3 Å². The van der Waals surface area contributed by atoms with Gasteiger partial charge in [0.2, 0.25) is 5.28 Å². The summed E-state index contributed by atoms with van der Waals surface area (Å²) in [6, 6.07) is 7.90. The van der Waals surface area contributed by atoms with Gasteiger partial charge >= 0.3 is 5.97 Å². The molecule has 0 fully saturated rings. The zero-order valence-electron chi connectivity index (χ0n) is 14.3. The third-order valence-electron chi connectivity index (χ3n) is 3.96. The van der Waals surface area contributed by atoms with Crippen LogP contribution in [0.15, 0.2) is 36.8 Å². The van der Waals surface area contributed by atoms with Crippen LogP contribution in [-0.4, -0.2) is 36.9 Å². The number of rotatable bonds is 5. The van der Waals surface area contributed by atoms with Crippen LogP contribution in [-0.2, 0) is 11.2 Å². The first-order valence-electron chi connectivity index (χ1n) is 8.22. The maximum Gasteiger partial charge on any atom is 0.340 e. The molecule has 136 valence electrons. The Labute approximate surface area is 163 Å². The Morgan fingerprint density at radius 1 is 1.33 bits per heavy atom. The van der Waals surface area contributed by atoms with E-state index in [0.717, 1.165) is 16.1 Å². The number of aromatic nitrogens is 5. The molecule has 7 nitrogen and oxygen atoms in total. The van der Waals surface area contributed by atoms with Gasteiger partial charge in [0.1, 0.15) is 17.0 Å². The molecule has 27 heavy (non-hydrogen) atoms. The molecule has 0 saturated heterocycles. The quantitative estimate of drug-likeness (QED) is 0.511. The van der Waals surface area contributed by atoms with Crippen molar-refractivity contribution in [2.24, 2.45) is 0 Å². The average Bonchev–Trinajstić information content (AvgIpc) is 3.28. The monoisotopic (exact) mass is 399 g/mol. The molecule has 3 heterocycles. The minimum atomic E-state index is -0.403. The number of halogens is 1. The molecule has 0 aliphatic carbocycles. The maximum absolute atomic E-state index is 12.3. The molecule has 0 saturated carbocycles. The third-order valence-corrected chi connectivity index (χ3v) is 4.94. The van der Waals surface area contributed by atoms with Gasteiger partial charge in [0.25, 0.3) is 0 Å². The number of H-pyrrole nitrogens is 1. The Morgan fingerprint density at radius 2 is 2.22 bits per heavy atom. The van der Waals surface area contributed by atoms with Crippen molar-refractivity contribution in [3.05, 3.63) is 58.2 Å². The summed E-state index contributed by atoms with van der Waals surface area (Å²) in [7, 11) is 0. The van der Waals surface area contributed by atoms with E-state index < -0.39 is 5.97 Å².